The summed E-state index contributed by atoms with van der Waals surface area (Å²) in [5.74, 6) is 0. The van der Waals surface area contributed by atoms with Crippen molar-refractivity contribution in [3.8, 4) is 0 Å². The predicted molar refractivity (Wildman–Crippen MR) is 64.1 cm³/mol. The fraction of sp³-hybridized carbons (Fsp3) is 0.615. The fourth-order valence-electron chi connectivity index (χ4n) is 3.23. The van der Waals surface area contributed by atoms with E-state index in [-0.39, 0.29) is 11.5 Å². The molecule has 1 aromatic heterocycles. The minimum Gasteiger partial charge on any atom is -0.323 e. The molecule has 0 aromatic carbocycles. The number of fused-ring (bicyclic) bond motifs is 1. The van der Waals surface area contributed by atoms with E-state index in [1.165, 1.54) is 24.1 Å². The number of hydrogen-bond donors (Lipinski definition) is 2. The van der Waals surface area contributed by atoms with Gasteiger partial charge in [0.25, 0.3) is 0 Å². The number of pyridine rings is 1. The van der Waals surface area contributed by atoms with Gasteiger partial charge in [-0.25, -0.2) is 0 Å². The minimum absolute atomic E-state index is 0.192. The van der Waals surface area contributed by atoms with Crippen LogP contribution >= 0.6 is 0 Å². The predicted octanol–water partition coefficient (Wildman–Crippen LogP) is 1.32. The van der Waals surface area contributed by atoms with Crippen molar-refractivity contribution in [2.45, 2.75) is 32.2 Å². The third-order valence-electron chi connectivity index (χ3n) is 4.26. The van der Waals surface area contributed by atoms with Crippen LogP contribution in [0.4, 0.5) is 0 Å². The first-order chi connectivity index (χ1) is 7.71. The highest BCUT2D eigenvalue weighted by molar-refractivity contribution is 5.34. The van der Waals surface area contributed by atoms with Gasteiger partial charge in [0.05, 0.1) is 0 Å². The number of rotatable bonds is 0. The molecule has 1 fully saturated rings. The molecule has 16 heavy (non-hydrogen) atoms. The van der Waals surface area contributed by atoms with Crippen LogP contribution in [0.5, 0.6) is 0 Å². The topological polar surface area (TPSA) is 50.9 Å². The highest BCUT2D eigenvalue weighted by Gasteiger charge is 2.45. The maximum Gasteiger partial charge on any atom is 0.0460 e. The molecular formula is C13H19N3. The summed E-state index contributed by atoms with van der Waals surface area (Å²) in [5, 5.41) is 3.42. The summed E-state index contributed by atoms with van der Waals surface area (Å²) in [6, 6.07) is 4.45. The molecule has 1 aliphatic carbocycles. The van der Waals surface area contributed by atoms with E-state index in [1.807, 2.05) is 0 Å². The summed E-state index contributed by atoms with van der Waals surface area (Å²) in [5.41, 5.74) is 10.4. The Bertz CT molecular complexity index is 408. The highest BCUT2D eigenvalue weighted by atomic mass is 14.9. The number of aromatic nitrogens is 1. The number of hydrogen-bond acceptors (Lipinski definition) is 3. The van der Waals surface area contributed by atoms with Crippen molar-refractivity contribution >= 4 is 0 Å². The van der Waals surface area contributed by atoms with E-state index in [9.17, 15) is 0 Å². The van der Waals surface area contributed by atoms with Gasteiger partial charge in [-0.2, -0.15) is 0 Å². The van der Waals surface area contributed by atoms with Crippen LogP contribution in [0.15, 0.2) is 12.1 Å². The summed E-state index contributed by atoms with van der Waals surface area (Å²) >= 11 is 0. The Morgan fingerprint density at radius 3 is 2.88 bits per heavy atom. The average molecular weight is 217 g/mol. The maximum absolute atomic E-state index is 6.44. The average Bonchev–Trinajstić information content (AvgIpc) is 2.53. The molecule has 3 N–H and O–H groups in total. The maximum atomic E-state index is 6.44. The monoisotopic (exact) mass is 217 g/mol. The zero-order chi connectivity index (χ0) is 11.2. The van der Waals surface area contributed by atoms with E-state index in [2.05, 4.69) is 29.4 Å². The molecular weight excluding hydrogens is 198 g/mol. The second kappa shape index (κ2) is 3.54. The van der Waals surface area contributed by atoms with Crippen molar-refractivity contribution in [1.29, 1.82) is 0 Å². The fourth-order valence-corrected chi connectivity index (χ4v) is 3.23. The van der Waals surface area contributed by atoms with E-state index in [0.717, 1.165) is 25.2 Å². The van der Waals surface area contributed by atoms with Gasteiger partial charge in [0.15, 0.2) is 0 Å². The Balaban J connectivity index is 1.98. The zero-order valence-corrected chi connectivity index (χ0v) is 9.79. The van der Waals surface area contributed by atoms with E-state index in [0.29, 0.717) is 0 Å². The number of nitrogens with one attached hydrogen (secondary N) is 1. The molecule has 0 radical (unpaired) electrons. The summed E-state index contributed by atoms with van der Waals surface area (Å²) in [6.07, 6.45) is 3.44. The van der Waals surface area contributed by atoms with Crippen LogP contribution < -0.4 is 11.1 Å². The van der Waals surface area contributed by atoms with Crippen LogP contribution in [0.25, 0.3) is 0 Å². The van der Waals surface area contributed by atoms with Gasteiger partial charge >= 0.3 is 0 Å². The van der Waals surface area contributed by atoms with Gasteiger partial charge in [0.1, 0.15) is 0 Å². The first-order valence-corrected chi connectivity index (χ1v) is 6.14. The minimum atomic E-state index is 0.192. The summed E-state index contributed by atoms with van der Waals surface area (Å²) < 4.78 is 0. The molecule has 1 atom stereocenters. The first-order valence-electron chi connectivity index (χ1n) is 6.14. The van der Waals surface area contributed by atoms with Gasteiger partial charge in [0, 0.05) is 17.4 Å². The van der Waals surface area contributed by atoms with Crippen LogP contribution in [0.3, 0.4) is 0 Å². The number of aryl methyl sites for hydroxylation is 1. The van der Waals surface area contributed by atoms with Gasteiger partial charge in [-0.05, 0) is 56.3 Å². The van der Waals surface area contributed by atoms with Gasteiger partial charge in [0.2, 0.25) is 0 Å². The Hall–Kier alpha value is -0.930. The van der Waals surface area contributed by atoms with Gasteiger partial charge in [-0.1, -0.05) is 6.07 Å². The Morgan fingerprint density at radius 1 is 1.38 bits per heavy atom. The Labute approximate surface area is 96.4 Å². The third-order valence-corrected chi connectivity index (χ3v) is 4.26. The van der Waals surface area contributed by atoms with Gasteiger partial charge in [-0.15, -0.1) is 0 Å². The Morgan fingerprint density at radius 2 is 2.12 bits per heavy atom. The molecule has 2 aliphatic rings. The number of nitrogens with two attached hydrogens (primary N) is 1. The van der Waals surface area contributed by atoms with Crippen LogP contribution in [0.1, 0.15) is 35.8 Å². The van der Waals surface area contributed by atoms with E-state index < -0.39 is 0 Å². The first kappa shape index (κ1) is 10.2. The lowest BCUT2D eigenvalue weighted by atomic mass is 9.74. The normalized spacial score (nSPS) is 27.0. The van der Waals surface area contributed by atoms with Crippen LogP contribution in [0.2, 0.25) is 0 Å². The van der Waals surface area contributed by atoms with Crippen molar-refractivity contribution in [3.63, 3.8) is 0 Å². The molecule has 3 heteroatoms. The summed E-state index contributed by atoms with van der Waals surface area (Å²) in [4.78, 5) is 4.65. The largest absolute Gasteiger partial charge is 0.323 e. The lowest BCUT2D eigenvalue weighted by Gasteiger charge is -2.37. The molecule has 3 nitrogen and oxygen atoms in total. The quantitative estimate of drug-likeness (QED) is 0.689. The van der Waals surface area contributed by atoms with Gasteiger partial charge < -0.3 is 11.1 Å². The summed E-state index contributed by atoms with van der Waals surface area (Å²) in [7, 11) is 0. The van der Waals surface area contributed by atoms with E-state index >= 15 is 0 Å². The molecule has 1 spiro atoms. The smallest absolute Gasteiger partial charge is 0.0460 e. The number of piperidine rings is 1. The zero-order valence-electron chi connectivity index (χ0n) is 9.79. The van der Waals surface area contributed by atoms with Gasteiger partial charge in [-0.3, -0.25) is 4.98 Å². The number of nitrogens with zero attached hydrogens (tertiary/aromatic N) is 1. The molecule has 3 rings (SSSR count). The standard InChI is InChI=1S/C13H19N3/c1-9-2-3-10-11(16-9)8-13(12(10)14)4-6-15-7-5-13/h2-3,12,15H,4-8,14H2,1H3. The van der Waals surface area contributed by atoms with Crippen molar-refractivity contribution in [2.24, 2.45) is 11.1 Å². The van der Waals surface area contributed by atoms with Crippen molar-refractivity contribution in [1.82, 2.24) is 10.3 Å². The lowest BCUT2D eigenvalue weighted by Crippen LogP contribution is -2.42. The van der Waals surface area contributed by atoms with Crippen molar-refractivity contribution < 1.29 is 0 Å². The third kappa shape index (κ3) is 1.39. The molecule has 86 valence electrons. The van der Waals surface area contributed by atoms with E-state index in [4.69, 9.17) is 5.73 Å². The Kier molecular flexibility index (Phi) is 2.26. The van der Waals surface area contributed by atoms with Crippen molar-refractivity contribution in [2.75, 3.05) is 13.1 Å². The second-order valence-electron chi connectivity index (χ2n) is 5.26. The molecule has 1 aromatic rings. The summed E-state index contributed by atoms with van der Waals surface area (Å²) in [6.45, 7) is 4.25. The van der Waals surface area contributed by atoms with Crippen LogP contribution in [-0.2, 0) is 6.42 Å². The van der Waals surface area contributed by atoms with Crippen molar-refractivity contribution in [3.05, 3.63) is 29.1 Å². The molecule has 0 saturated carbocycles. The molecule has 0 amide bonds. The molecule has 2 heterocycles. The molecule has 1 aliphatic heterocycles. The van der Waals surface area contributed by atoms with E-state index in [1.54, 1.807) is 0 Å². The lowest BCUT2D eigenvalue weighted by molar-refractivity contribution is 0.173. The molecule has 1 saturated heterocycles. The van der Waals surface area contributed by atoms with Crippen LogP contribution in [0, 0.1) is 12.3 Å². The molecule has 1 unspecified atom stereocenters. The SMILES string of the molecule is Cc1ccc2c(n1)CC1(CCNCC1)C2N. The second-order valence-corrected chi connectivity index (χ2v) is 5.26. The molecule has 0 bridgehead atoms. The highest BCUT2D eigenvalue weighted by Crippen LogP contribution is 2.48. The van der Waals surface area contributed by atoms with Crippen LogP contribution in [-0.4, -0.2) is 18.1 Å².